The van der Waals surface area contributed by atoms with E-state index in [-0.39, 0.29) is 11.7 Å². The maximum absolute atomic E-state index is 11.8. The number of rotatable bonds is 2. The van der Waals surface area contributed by atoms with Crippen molar-refractivity contribution in [1.29, 1.82) is 0 Å². The number of phenols is 1. The topological polar surface area (TPSA) is 78.0 Å². The summed E-state index contributed by atoms with van der Waals surface area (Å²) in [6, 6.07) is 3.36. The van der Waals surface area contributed by atoms with E-state index in [4.69, 9.17) is 0 Å². The molecular weight excluding hydrogens is 218 g/mol. The number of phenolic OH excluding ortho intramolecular Hbond substituents is 1. The highest BCUT2D eigenvalue weighted by Crippen LogP contribution is 2.25. The number of H-pyrrole nitrogens is 1. The van der Waals surface area contributed by atoms with Crippen LogP contribution in [-0.4, -0.2) is 21.2 Å². The molecule has 0 fully saturated rings. The molecule has 1 aromatic heterocycles. The lowest BCUT2D eigenvalue weighted by Gasteiger charge is -2.09. The minimum Gasteiger partial charge on any atom is -0.508 e. The van der Waals surface area contributed by atoms with Crippen LogP contribution in [0.4, 0.5) is 5.69 Å². The summed E-state index contributed by atoms with van der Waals surface area (Å²) in [5.41, 5.74) is 2.68. The van der Waals surface area contributed by atoms with Crippen LogP contribution in [0.3, 0.4) is 0 Å². The Kier molecular flexibility index (Phi) is 2.82. The molecule has 0 bridgehead atoms. The van der Waals surface area contributed by atoms with Crippen LogP contribution in [0.2, 0.25) is 0 Å². The summed E-state index contributed by atoms with van der Waals surface area (Å²) in [5.74, 6) is -0.00394. The average Bonchev–Trinajstić information content (AvgIpc) is 2.79. The van der Waals surface area contributed by atoms with Gasteiger partial charge in [-0.3, -0.25) is 9.89 Å². The van der Waals surface area contributed by atoms with Gasteiger partial charge in [0.25, 0.3) is 5.91 Å². The lowest BCUT2D eigenvalue weighted by atomic mass is 10.1. The molecule has 0 unspecified atom stereocenters. The molecule has 0 aliphatic carbocycles. The minimum atomic E-state index is -0.230. The second-order valence-electron chi connectivity index (χ2n) is 3.89. The Hall–Kier alpha value is -2.30. The fraction of sp³-hybridized carbons (Fsp3) is 0.167. The Labute approximate surface area is 98.5 Å². The van der Waals surface area contributed by atoms with E-state index in [1.165, 1.54) is 12.4 Å². The molecule has 1 amide bonds. The van der Waals surface area contributed by atoms with Gasteiger partial charge in [0.05, 0.1) is 11.8 Å². The summed E-state index contributed by atoms with van der Waals surface area (Å²) < 4.78 is 0. The van der Waals surface area contributed by atoms with Gasteiger partial charge in [-0.15, -0.1) is 0 Å². The zero-order valence-electron chi connectivity index (χ0n) is 9.61. The monoisotopic (exact) mass is 231 g/mol. The molecule has 0 saturated carbocycles. The first-order chi connectivity index (χ1) is 8.08. The first kappa shape index (κ1) is 11.2. The Balaban J connectivity index is 2.25. The van der Waals surface area contributed by atoms with Crippen LogP contribution in [0.5, 0.6) is 5.75 Å². The van der Waals surface area contributed by atoms with Gasteiger partial charge in [-0.25, -0.2) is 0 Å². The maximum Gasteiger partial charge on any atom is 0.258 e. The van der Waals surface area contributed by atoms with Crippen LogP contribution in [0.15, 0.2) is 24.5 Å². The van der Waals surface area contributed by atoms with E-state index < -0.39 is 0 Å². The molecule has 3 N–H and O–H groups in total. The molecule has 0 radical (unpaired) electrons. The summed E-state index contributed by atoms with van der Waals surface area (Å²) in [5, 5.41) is 18.6. The molecule has 1 heterocycles. The van der Waals surface area contributed by atoms with Gasteiger partial charge in [0.2, 0.25) is 0 Å². The van der Waals surface area contributed by atoms with Crippen LogP contribution >= 0.6 is 0 Å². The van der Waals surface area contributed by atoms with Crippen molar-refractivity contribution in [1.82, 2.24) is 10.2 Å². The van der Waals surface area contributed by atoms with E-state index in [1.807, 2.05) is 6.92 Å². The van der Waals surface area contributed by atoms with E-state index in [9.17, 15) is 9.90 Å². The second-order valence-corrected chi connectivity index (χ2v) is 3.89. The number of carbonyl (C=O) groups excluding carboxylic acids is 1. The normalized spacial score (nSPS) is 10.2. The number of nitrogens with one attached hydrogen (secondary N) is 2. The average molecular weight is 231 g/mol. The molecule has 0 aliphatic rings. The van der Waals surface area contributed by atoms with E-state index in [0.717, 1.165) is 11.1 Å². The summed E-state index contributed by atoms with van der Waals surface area (Å²) in [7, 11) is 0. The number of hydrogen-bond donors (Lipinski definition) is 3. The minimum absolute atomic E-state index is 0.226. The van der Waals surface area contributed by atoms with E-state index in [0.29, 0.717) is 11.3 Å². The van der Waals surface area contributed by atoms with Crippen molar-refractivity contribution in [3.63, 3.8) is 0 Å². The van der Waals surface area contributed by atoms with E-state index in [1.54, 1.807) is 19.1 Å². The van der Waals surface area contributed by atoms with Gasteiger partial charge >= 0.3 is 0 Å². The zero-order chi connectivity index (χ0) is 12.4. The summed E-state index contributed by atoms with van der Waals surface area (Å²) in [6.45, 7) is 3.60. The Bertz CT molecular complexity index is 547. The van der Waals surface area contributed by atoms with Crippen LogP contribution in [-0.2, 0) is 0 Å². The molecule has 0 saturated heterocycles. The molecule has 5 nitrogen and oxygen atoms in total. The number of benzene rings is 1. The fourth-order valence-electron chi connectivity index (χ4n) is 1.51. The standard InChI is InChI=1S/C12H13N3O2/c1-7-4-11(16)8(2)3-10(7)15-12(17)9-5-13-14-6-9/h3-6,16H,1-2H3,(H,13,14)(H,15,17). The lowest BCUT2D eigenvalue weighted by Crippen LogP contribution is -2.12. The van der Waals surface area contributed by atoms with Crippen LogP contribution in [0.25, 0.3) is 0 Å². The van der Waals surface area contributed by atoms with Gasteiger partial charge in [-0.2, -0.15) is 5.10 Å². The number of aromatic nitrogens is 2. The van der Waals surface area contributed by atoms with Crippen molar-refractivity contribution in [3.8, 4) is 5.75 Å². The van der Waals surface area contributed by atoms with Gasteiger partial charge in [0.15, 0.2) is 0 Å². The third-order valence-electron chi connectivity index (χ3n) is 2.55. The highest BCUT2D eigenvalue weighted by atomic mass is 16.3. The number of hydrogen-bond acceptors (Lipinski definition) is 3. The van der Waals surface area contributed by atoms with Crippen LogP contribution < -0.4 is 5.32 Å². The summed E-state index contributed by atoms with van der Waals surface area (Å²) in [4.78, 5) is 11.8. The SMILES string of the molecule is Cc1cc(NC(=O)c2cn[nH]c2)c(C)cc1O. The number of aryl methyl sites for hydroxylation is 2. The first-order valence-electron chi connectivity index (χ1n) is 5.18. The predicted molar refractivity (Wildman–Crippen MR) is 64.1 cm³/mol. The maximum atomic E-state index is 11.8. The van der Waals surface area contributed by atoms with E-state index >= 15 is 0 Å². The van der Waals surface area contributed by atoms with Crippen molar-refractivity contribution < 1.29 is 9.90 Å². The molecule has 17 heavy (non-hydrogen) atoms. The molecule has 1 aromatic carbocycles. The molecule has 88 valence electrons. The smallest absolute Gasteiger partial charge is 0.258 e. The number of carbonyl (C=O) groups is 1. The van der Waals surface area contributed by atoms with Crippen LogP contribution in [0.1, 0.15) is 21.5 Å². The largest absolute Gasteiger partial charge is 0.508 e. The van der Waals surface area contributed by atoms with Crippen molar-refractivity contribution >= 4 is 11.6 Å². The number of aromatic amines is 1. The molecule has 0 aliphatic heterocycles. The summed E-state index contributed by atoms with van der Waals surface area (Å²) >= 11 is 0. The van der Waals surface area contributed by atoms with Crippen molar-refractivity contribution in [2.75, 3.05) is 5.32 Å². The van der Waals surface area contributed by atoms with Crippen molar-refractivity contribution in [2.45, 2.75) is 13.8 Å². The highest BCUT2D eigenvalue weighted by Gasteiger charge is 2.10. The van der Waals surface area contributed by atoms with Gasteiger partial charge in [-0.1, -0.05) is 0 Å². The number of anilines is 1. The third kappa shape index (κ3) is 2.28. The number of nitrogens with zero attached hydrogens (tertiary/aromatic N) is 1. The third-order valence-corrected chi connectivity index (χ3v) is 2.55. The van der Waals surface area contributed by atoms with Gasteiger partial charge in [0, 0.05) is 11.9 Å². The van der Waals surface area contributed by atoms with Crippen LogP contribution in [0, 0.1) is 13.8 Å². The van der Waals surface area contributed by atoms with Crippen molar-refractivity contribution in [3.05, 3.63) is 41.2 Å². The van der Waals surface area contributed by atoms with Gasteiger partial charge in [-0.05, 0) is 37.1 Å². The quantitative estimate of drug-likeness (QED) is 0.691. The zero-order valence-corrected chi connectivity index (χ0v) is 9.61. The Morgan fingerprint density at radius 1 is 1.35 bits per heavy atom. The molecule has 2 rings (SSSR count). The van der Waals surface area contributed by atoms with Crippen molar-refractivity contribution in [2.24, 2.45) is 0 Å². The molecule has 0 spiro atoms. The summed E-state index contributed by atoms with van der Waals surface area (Å²) in [6.07, 6.45) is 2.98. The molecular formula is C12H13N3O2. The number of amides is 1. The molecule has 0 atom stereocenters. The first-order valence-corrected chi connectivity index (χ1v) is 5.18. The van der Waals surface area contributed by atoms with Gasteiger partial charge < -0.3 is 10.4 Å². The Morgan fingerprint density at radius 3 is 2.76 bits per heavy atom. The molecule has 5 heteroatoms. The lowest BCUT2D eigenvalue weighted by molar-refractivity contribution is 0.102. The fourth-order valence-corrected chi connectivity index (χ4v) is 1.51. The second kappa shape index (κ2) is 4.29. The van der Waals surface area contributed by atoms with Gasteiger partial charge in [0.1, 0.15) is 5.75 Å². The predicted octanol–water partition coefficient (Wildman–Crippen LogP) is 1.98. The highest BCUT2D eigenvalue weighted by molar-refractivity contribution is 6.04. The Morgan fingerprint density at radius 2 is 2.12 bits per heavy atom. The molecule has 2 aromatic rings. The number of aromatic hydroxyl groups is 1. The van der Waals surface area contributed by atoms with E-state index in [2.05, 4.69) is 15.5 Å².